The van der Waals surface area contributed by atoms with Crippen LogP contribution in [0, 0.1) is 13.8 Å². The highest BCUT2D eigenvalue weighted by Crippen LogP contribution is 2.26. The molecule has 0 saturated heterocycles. The van der Waals surface area contributed by atoms with Gasteiger partial charge in [0, 0.05) is 22.6 Å². The molecule has 1 unspecified atom stereocenters. The molecule has 2 heterocycles. The summed E-state index contributed by atoms with van der Waals surface area (Å²) >= 11 is 1.65. The summed E-state index contributed by atoms with van der Waals surface area (Å²) in [5, 5.41) is 6.49. The van der Waals surface area contributed by atoms with E-state index in [9.17, 15) is 0 Å². The molecular formula is C14H21N5S. The lowest BCUT2D eigenvalue weighted by Gasteiger charge is -2.16. The monoisotopic (exact) mass is 291 g/mol. The number of aromatic nitrogens is 3. The average Bonchev–Trinajstić information content (AvgIpc) is 2.81. The van der Waals surface area contributed by atoms with Crippen LogP contribution < -0.4 is 11.1 Å². The van der Waals surface area contributed by atoms with Crippen molar-refractivity contribution in [2.75, 3.05) is 11.1 Å². The Morgan fingerprint density at radius 2 is 1.85 bits per heavy atom. The van der Waals surface area contributed by atoms with Crippen LogP contribution in [0.4, 0.5) is 11.6 Å². The van der Waals surface area contributed by atoms with Gasteiger partial charge < -0.3 is 11.1 Å². The standard InChI is InChI=1S/C14H21N5S/c1-7(2)12-18-11(15)9(4)13(19-12)17-10(5)14-16-8(3)6-20-14/h6-7,10H,1-5H3,(H3,15,17,18,19). The highest BCUT2D eigenvalue weighted by atomic mass is 32.1. The molecular weight excluding hydrogens is 270 g/mol. The van der Waals surface area contributed by atoms with Crippen molar-refractivity contribution in [1.29, 1.82) is 0 Å². The van der Waals surface area contributed by atoms with Crippen LogP contribution in [0.3, 0.4) is 0 Å². The van der Waals surface area contributed by atoms with Crippen LogP contribution in [-0.4, -0.2) is 15.0 Å². The van der Waals surface area contributed by atoms with Crippen molar-refractivity contribution in [3.05, 3.63) is 27.5 Å². The highest BCUT2D eigenvalue weighted by Gasteiger charge is 2.15. The van der Waals surface area contributed by atoms with Gasteiger partial charge in [0.1, 0.15) is 22.5 Å². The fourth-order valence-electron chi connectivity index (χ4n) is 1.79. The number of hydrogen-bond donors (Lipinski definition) is 2. The molecule has 0 aliphatic heterocycles. The number of anilines is 2. The molecule has 0 fully saturated rings. The van der Waals surface area contributed by atoms with Gasteiger partial charge in [0.05, 0.1) is 6.04 Å². The lowest BCUT2D eigenvalue weighted by molar-refractivity contribution is 0.766. The topological polar surface area (TPSA) is 76.7 Å². The van der Waals surface area contributed by atoms with Gasteiger partial charge in [0.25, 0.3) is 0 Å². The van der Waals surface area contributed by atoms with Gasteiger partial charge in [0.2, 0.25) is 0 Å². The van der Waals surface area contributed by atoms with Crippen molar-refractivity contribution in [3.63, 3.8) is 0 Å². The molecule has 108 valence electrons. The lowest BCUT2D eigenvalue weighted by atomic mass is 10.2. The second kappa shape index (κ2) is 5.75. The molecule has 0 aliphatic carbocycles. The maximum Gasteiger partial charge on any atom is 0.135 e. The summed E-state index contributed by atoms with van der Waals surface area (Å²) in [6.45, 7) is 10.1. The Morgan fingerprint density at radius 1 is 1.15 bits per heavy atom. The minimum atomic E-state index is 0.0988. The summed E-state index contributed by atoms with van der Waals surface area (Å²) in [4.78, 5) is 13.4. The molecule has 5 nitrogen and oxygen atoms in total. The smallest absolute Gasteiger partial charge is 0.135 e. The van der Waals surface area contributed by atoms with Crippen LogP contribution in [0.5, 0.6) is 0 Å². The van der Waals surface area contributed by atoms with E-state index in [0.717, 1.165) is 27.9 Å². The molecule has 6 heteroatoms. The van der Waals surface area contributed by atoms with Gasteiger partial charge in [-0.3, -0.25) is 0 Å². The molecule has 2 aromatic heterocycles. The van der Waals surface area contributed by atoms with E-state index < -0.39 is 0 Å². The molecule has 0 aliphatic rings. The number of nitrogens with one attached hydrogen (secondary N) is 1. The van der Waals surface area contributed by atoms with Gasteiger partial charge in [0.15, 0.2) is 0 Å². The highest BCUT2D eigenvalue weighted by molar-refractivity contribution is 7.09. The molecule has 20 heavy (non-hydrogen) atoms. The molecule has 0 radical (unpaired) electrons. The number of nitrogens with two attached hydrogens (primary N) is 1. The van der Waals surface area contributed by atoms with E-state index in [1.807, 2.05) is 19.2 Å². The number of aryl methyl sites for hydroxylation is 1. The first-order valence-electron chi connectivity index (χ1n) is 6.71. The zero-order chi connectivity index (χ0) is 14.9. The zero-order valence-corrected chi connectivity index (χ0v) is 13.4. The van der Waals surface area contributed by atoms with Crippen LogP contribution in [0.1, 0.15) is 54.8 Å². The number of hydrogen-bond acceptors (Lipinski definition) is 6. The number of thiazole rings is 1. The van der Waals surface area contributed by atoms with Crippen LogP contribution in [0.2, 0.25) is 0 Å². The quantitative estimate of drug-likeness (QED) is 0.902. The van der Waals surface area contributed by atoms with Crippen molar-refractivity contribution < 1.29 is 0 Å². The average molecular weight is 291 g/mol. The van der Waals surface area contributed by atoms with Gasteiger partial charge in [-0.1, -0.05) is 13.8 Å². The van der Waals surface area contributed by atoms with Gasteiger partial charge >= 0.3 is 0 Å². The van der Waals surface area contributed by atoms with E-state index in [4.69, 9.17) is 5.73 Å². The maximum atomic E-state index is 5.97. The zero-order valence-electron chi connectivity index (χ0n) is 12.6. The maximum absolute atomic E-state index is 5.97. The second-order valence-electron chi connectivity index (χ2n) is 5.29. The van der Waals surface area contributed by atoms with Crippen molar-refractivity contribution in [3.8, 4) is 0 Å². The van der Waals surface area contributed by atoms with Crippen molar-refractivity contribution in [2.45, 2.75) is 46.6 Å². The second-order valence-corrected chi connectivity index (χ2v) is 6.18. The first-order valence-corrected chi connectivity index (χ1v) is 7.59. The van der Waals surface area contributed by atoms with Crippen LogP contribution >= 0.6 is 11.3 Å². The SMILES string of the molecule is Cc1csc(C(C)Nc2nc(C(C)C)nc(N)c2C)n1. The van der Waals surface area contributed by atoms with E-state index in [-0.39, 0.29) is 12.0 Å². The summed E-state index contributed by atoms with van der Waals surface area (Å²) < 4.78 is 0. The lowest BCUT2D eigenvalue weighted by Crippen LogP contribution is -2.13. The van der Waals surface area contributed by atoms with Crippen molar-refractivity contribution >= 4 is 23.0 Å². The van der Waals surface area contributed by atoms with Crippen molar-refractivity contribution in [2.24, 2.45) is 0 Å². The predicted molar refractivity (Wildman–Crippen MR) is 84.2 cm³/mol. The molecule has 1 atom stereocenters. The third kappa shape index (κ3) is 3.07. The van der Waals surface area contributed by atoms with Gasteiger partial charge in [-0.25, -0.2) is 15.0 Å². The van der Waals surface area contributed by atoms with E-state index in [1.165, 1.54) is 0 Å². The van der Waals surface area contributed by atoms with E-state index >= 15 is 0 Å². The molecule has 0 amide bonds. The normalized spacial score (nSPS) is 12.7. The summed E-state index contributed by atoms with van der Waals surface area (Å²) in [7, 11) is 0. The van der Waals surface area contributed by atoms with E-state index in [1.54, 1.807) is 11.3 Å². The fourth-order valence-corrected chi connectivity index (χ4v) is 2.59. The van der Waals surface area contributed by atoms with Gasteiger partial charge in [-0.05, 0) is 20.8 Å². The van der Waals surface area contributed by atoms with Crippen molar-refractivity contribution in [1.82, 2.24) is 15.0 Å². The Balaban J connectivity index is 2.28. The molecule has 0 spiro atoms. The number of nitrogens with zero attached hydrogens (tertiary/aromatic N) is 3. The van der Waals surface area contributed by atoms with Gasteiger partial charge in [-0.15, -0.1) is 11.3 Å². The Bertz CT molecular complexity index is 606. The third-order valence-electron chi connectivity index (χ3n) is 3.08. The molecule has 3 N–H and O–H groups in total. The minimum Gasteiger partial charge on any atom is -0.383 e. The Hall–Kier alpha value is -1.69. The first-order chi connectivity index (χ1) is 9.38. The Morgan fingerprint density at radius 3 is 2.40 bits per heavy atom. The molecule has 0 bridgehead atoms. The molecule has 2 aromatic rings. The summed E-state index contributed by atoms with van der Waals surface area (Å²) in [5.41, 5.74) is 7.90. The summed E-state index contributed by atoms with van der Waals surface area (Å²) in [6.07, 6.45) is 0. The largest absolute Gasteiger partial charge is 0.383 e. The van der Waals surface area contributed by atoms with E-state index in [2.05, 4.69) is 41.0 Å². The van der Waals surface area contributed by atoms with Crippen LogP contribution in [-0.2, 0) is 0 Å². The van der Waals surface area contributed by atoms with Gasteiger partial charge in [-0.2, -0.15) is 0 Å². The first kappa shape index (κ1) is 14.7. The van der Waals surface area contributed by atoms with Crippen LogP contribution in [0.25, 0.3) is 0 Å². The van der Waals surface area contributed by atoms with Crippen LogP contribution in [0.15, 0.2) is 5.38 Å². The fraction of sp³-hybridized carbons (Fsp3) is 0.500. The number of nitrogen functional groups attached to an aromatic ring is 1. The summed E-state index contributed by atoms with van der Waals surface area (Å²) in [5.74, 6) is 2.34. The minimum absolute atomic E-state index is 0.0988. The number of rotatable bonds is 4. The third-order valence-corrected chi connectivity index (χ3v) is 4.22. The Kier molecular flexibility index (Phi) is 4.23. The predicted octanol–water partition coefficient (Wildman–Crippen LogP) is 3.43. The summed E-state index contributed by atoms with van der Waals surface area (Å²) in [6, 6.07) is 0.0988. The van der Waals surface area contributed by atoms with E-state index in [0.29, 0.717) is 5.82 Å². The molecule has 0 saturated carbocycles. The molecule has 0 aromatic carbocycles. The Labute approximate surface area is 123 Å². The molecule has 2 rings (SSSR count).